The Morgan fingerprint density at radius 3 is 2.56 bits per heavy atom. The molecule has 1 aromatic heterocycles. The zero-order valence-corrected chi connectivity index (χ0v) is 22.8. The number of unbranched alkanes of at least 4 members (excludes halogenated alkanes) is 2. The first-order valence-electron chi connectivity index (χ1n) is 13.6. The number of rotatable bonds is 8. The highest BCUT2D eigenvalue weighted by atomic mass is 16.5. The summed E-state index contributed by atoms with van der Waals surface area (Å²) in [4.78, 5) is 34.2. The SMILES string of the molecule is CCCCCC(=O)N1c2ccccc2NC2=C(C(=O)C[C@@H](c3ccc(OC)c(OC)c3)C2)[C@@H]1c1cccnc1. The van der Waals surface area contributed by atoms with Crippen LogP contribution in [0, 0.1) is 0 Å². The van der Waals surface area contributed by atoms with Crippen molar-refractivity contribution in [2.24, 2.45) is 0 Å². The van der Waals surface area contributed by atoms with Crippen molar-refractivity contribution in [3.05, 3.63) is 89.4 Å². The lowest BCUT2D eigenvalue weighted by Gasteiger charge is -2.35. The smallest absolute Gasteiger partial charge is 0.227 e. The number of ether oxygens (including phenoxy) is 2. The molecule has 2 heterocycles. The molecule has 7 nitrogen and oxygen atoms in total. The molecule has 1 N–H and O–H groups in total. The van der Waals surface area contributed by atoms with Crippen LogP contribution in [0.2, 0.25) is 0 Å². The van der Waals surface area contributed by atoms with Crippen molar-refractivity contribution in [3.8, 4) is 11.5 Å². The summed E-state index contributed by atoms with van der Waals surface area (Å²) < 4.78 is 11.0. The first-order valence-corrected chi connectivity index (χ1v) is 13.6. The summed E-state index contributed by atoms with van der Waals surface area (Å²) in [7, 11) is 3.22. The van der Waals surface area contributed by atoms with Gasteiger partial charge in [-0.05, 0) is 60.2 Å². The molecular weight excluding hydrogens is 490 g/mol. The molecule has 0 fully saturated rings. The Bertz CT molecular complexity index is 1390. The Hall–Kier alpha value is -4.13. The van der Waals surface area contributed by atoms with E-state index in [0.29, 0.717) is 36.3 Å². The van der Waals surface area contributed by atoms with Crippen LogP contribution in [0.5, 0.6) is 11.5 Å². The lowest BCUT2D eigenvalue weighted by atomic mass is 9.78. The van der Waals surface area contributed by atoms with Gasteiger partial charge in [-0.3, -0.25) is 19.5 Å². The molecule has 0 unspecified atom stereocenters. The van der Waals surface area contributed by atoms with Crippen LogP contribution in [0.1, 0.15) is 68.5 Å². The van der Waals surface area contributed by atoms with Crippen molar-refractivity contribution in [1.29, 1.82) is 0 Å². The monoisotopic (exact) mass is 525 g/mol. The molecular formula is C32H35N3O4. The number of anilines is 2. The molecule has 7 heteroatoms. The summed E-state index contributed by atoms with van der Waals surface area (Å²) in [6.07, 6.45) is 7.68. The number of carbonyl (C=O) groups is 2. The first-order chi connectivity index (χ1) is 19.0. The third-order valence-electron chi connectivity index (χ3n) is 7.63. The van der Waals surface area contributed by atoms with Gasteiger partial charge in [0.2, 0.25) is 5.91 Å². The number of nitrogens with one attached hydrogen (secondary N) is 1. The van der Waals surface area contributed by atoms with Crippen molar-refractivity contribution in [2.45, 2.75) is 57.4 Å². The number of methoxy groups -OCH3 is 2. The lowest BCUT2D eigenvalue weighted by molar-refractivity contribution is -0.119. The number of hydrogen-bond donors (Lipinski definition) is 1. The maximum absolute atomic E-state index is 14.1. The van der Waals surface area contributed by atoms with E-state index in [2.05, 4.69) is 17.2 Å². The Labute approximate surface area is 229 Å². The number of aromatic nitrogens is 1. The quantitative estimate of drug-likeness (QED) is 0.335. The van der Waals surface area contributed by atoms with Gasteiger partial charge in [0.15, 0.2) is 17.3 Å². The van der Waals surface area contributed by atoms with Gasteiger partial charge in [-0.1, -0.05) is 44.0 Å². The molecule has 39 heavy (non-hydrogen) atoms. The number of nitrogens with zero attached hydrogens (tertiary/aromatic N) is 2. The number of para-hydroxylation sites is 2. The molecule has 0 radical (unpaired) electrons. The van der Waals surface area contributed by atoms with E-state index < -0.39 is 6.04 Å². The largest absolute Gasteiger partial charge is 0.493 e. The third kappa shape index (κ3) is 5.26. The number of carbonyl (C=O) groups excluding carboxylic acids is 2. The second-order valence-electron chi connectivity index (χ2n) is 10.1. The van der Waals surface area contributed by atoms with E-state index in [0.717, 1.165) is 47.5 Å². The van der Waals surface area contributed by atoms with Gasteiger partial charge < -0.3 is 14.8 Å². The fraction of sp³-hybridized carbons (Fsp3) is 0.344. The van der Waals surface area contributed by atoms with Crippen LogP contribution in [-0.4, -0.2) is 30.9 Å². The summed E-state index contributed by atoms with van der Waals surface area (Å²) in [6, 6.07) is 16.9. The average Bonchev–Trinajstić information content (AvgIpc) is 3.12. The van der Waals surface area contributed by atoms with E-state index in [9.17, 15) is 9.59 Å². The van der Waals surface area contributed by atoms with Gasteiger partial charge in [-0.25, -0.2) is 0 Å². The minimum atomic E-state index is -0.558. The van der Waals surface area contributed by atoms with Gasteiger partial charge >= 0.3 is 0 Å². The molecule has 0 saturated carbocycles. The minimum Gasteiger partial charge on any atom is -0.493 e. The highest BCUT2D eigenvalue weighted by Crippen LogP contribution is 2.48. The van der Waals surface area contributed by atoms with E-state index in [1.54, 1.807) is 26.6 Å². The second kappa shape index (κ2) is 11.7. The summed E-state index contributed by atoms with van der Waals surface area (Å²) >= 11 is 0. The number of amides is 1. The number of fused-ring (bicyclic) bond motifs is 1. The molecule has 3 aromatic rings. The normalized spacial score (nSPS) is 18.5. The van der Waals surface area contributed by atoms with Gasteiger partial charge in [0.25, 0.3) is 0 Å². The van der Waals surface area contributed by atoms with Gasteiger partial charge in [0.05, 0.1) is 31.6 Å². The highest BCUT2D eigenvalue weighted by Gasteiger charge is 2.41. The Kier molecular flexibility index (Phi) is 7.96. The van der Waals surface area contributed by atoms with Crippen molar-refractivity contribution < 1.29 is 19.1 Å². The summed E-state index contributed by atoms with van der Waals surface area (Å²) in [5, 5.41) is 3.58. The number of hydrogen-bond acceptors (Lipinski definition) is 6. The zero-order valence-electron chi connectivity index (χ0n) is 22.8. The number of pyridine rings is 1. The van der Waals surface area contributed by atoms with Crippen LogP contribution in [0.25, 0.3) is 0 Å². The van der Waals surface area contributed by atoms with E-state index in [1.165, 1.54) is 0 Å². The molecule has 2 aliphatic rings. The van der Waals surface area contributed by atoms with Crippen LogP contribution in [0.3, 0.4) is 0 Å². The molecule has 1 aliphatic carbocycles. The Balaban J connectivity index is 1.62. The molecule has 1 aliphatic heterocycles. The minimum absolute atomic E-state index is 0.00937. The standard InChI is InChI=1S/C32H35N3O4/c1-4-5-6-13-30(37)35-26-12-8-7-11-24(26)34-25-17-23(21-14-15-28(38-2)29(19-21)39-3)18-27(36)31(25)32(35)22-10-9-16-33-20-22/h7-12,14-16,19-20,23,32,34H,4-6,13,17-18H2,1-3H3/t23-,32-/m0/s1. The third-order valence-corrected chi connectivity index (χ3v) is 7.63. The van der Waals surface area contributed by atoms with Crippen LogP contribution >= 0.6 is 0 Å². The lowest BCUT2D eigenvalue weighted by Crippen LogP contribution is -2.38. The van der Waals surface area contributed by atoms with Gasteiger partial charge in [-0.2, -0.15) is 0 Å². The Morgan fingerprint density at radius 2 is 1.82 bits per heavy atom. The molecule has 1 amide bonds. The van der Waals surface area contributed by atoms with Crippen LogP contribution in [0.15, 0.2) is 78.3 Å². The van der Waals surface area contributed by atoms with E-state index in [1.807, 2.05) is 59.5 Å². The van der Waals surface area contributed by atoms with E-state index in [4.69, 9.17) is 9.47 Å². The first kappa shape index (κ1) is 26.5. The molecule has 5 rings (SSSR count). The van der Waals surface area contributed by atoms with Crippen LogP contribution < -0.4 is 19.7 Å². The maximum atomic E-state index is 14.1. The maximum Gasteiger partial charge on any atom is 0.227 e. The van der Waals surface area contributed by atoms with Crippen molar-refractivity contribution in [2.75, 3.05) is 24.4 Å². The second-order valence-corrected chi connectivity index (χ2v) is 10.1. The average molecular weight is 526 g/mol. The number of allylic oxidation sites excluding steroid dienone is 1. The molecule has 0 saturated heterocycles. The zero-order chi connectivity index (χ0) is 27.4. The van der Waals surface area contributed by atoms with Gasteiger partial charge in [0, 0.05) is 36.5 Å². The fourth-order valence-electron chi connectivity index (χ4n) is 5.71. The predicted octanol–water partition coefficient (Wildman–Crippen LogP) is 6.58. The van der Waals surface area contributed by atoms with Crippen molar-refractivity contribution >= 4 is 23.1 Å². The molecule has 0 spiro atoms. The van der Waals surface area contributed by atoms with Crippen molar-refractivity contribution in [3.63, 3.8) is 0 Å². The molecule has 2 atom stereocenters. The summed E-state index contributed by atoms with van der Waals surface area (Å²) in [5.74, 6) is 1.28. The number of benzene rings is 2. The number of Topliss-reactive ketones (excluding diaryl/α,β-unsaturated/α-hetero) is 1. The molecule has 2 aromatic carbocycles. The van der Waals surface area contributed by atoms with Gasteiger partial charge in [-0.15, -0.1) is 0 Å². The fourth-order valence-corrected chi connectivity index (χ4v) is 5.71. The molecule has 202 valence electrons. The van der Waals surface area contributed by atoms with E-state index >= 15 is 0 Å². The van der Waals surface area contributed by atoms with Crippen LogP contribution in [0.4, 0.5) is 11.4 Å². The van der Waals surface area contributed by atoms with E-state index in [-0.39, 0.29) is 17.6 Å². The number of ketones is 1. The molecule has 0 bridgehead atoms. The Morgan fingerprint density at radius 1 is 1.00 bits per heavy atom. The summed E-state index contributed by atoms with van der Waals surface area (Å²) in [5.41, 5.74) is 4.91. The van der Waals surface area contributed by atoms with Crippen LogP contribution in [-0.2, 0) is 9.59 Å². The topological polar surface area (TPSA) is 80.8 Å². The highest BCUT2D eigenvalue weighted by molar-refractivity contribution is 6.06. The van der Waals surface area contributed by atoms with Gasteiger partial charge in [0.1, 0.15) is 0 Å². The van der Waals surface area contributed by atoms with Crippen molar-refractivity contribution in [1.82, 2.24) is 4.98 Å². The predicted molar refractivity (Wildman–Crippen MR) is 152 cm³/mol. The summed E-state index contributed by atoms with van der Waals surface area (Å²) in [6.45, 7) is 2.13.